The molecule has 3 aromatic carbocycles. The number of nitrogens with zero attached hydrogens (tertiary/aromatic N) is 1. The number of aromatic nitrogens is 1. The van der Waals surface area contributed by atoms with Crippen molar-refractivity contribution in [3.63, 3.8) is 0 Å². The van der Waals surface area contributed by atoms with Crippen LogP contribution in [0.4, 0.5) is 5.69 Å². The van der Waals surface area contributed by atoms with Crippen LogP contribution in [0, 0.1) is 0 Å². The Labute approximate surface area is 187 Å². The number of oxazole rings is 1. The van der Waals surface area contributed by atoms with E-state index >= 15 is 0 Å². The summed E-state index contributed by atoms with van der Waals surface area (Å²) >= 11 is 0. The van der Waals surface area contributed by atoms with E-state index in [1.54, 1.807) is 25.3 Å². The van der Waals surface area contributed by atoms with Crippen LogP contribution < -0.4 is 14.8 Å². The molecule has 1 N–H and O–H groups in total. The molecule has 1 heterocycles. The van der Waals surface area contributed by atoms with Gasteiger partial charge in [0.05, 0.1) is 19.8 Å². The van der Waals surface area contributed by atoms with Gasteiger partial charge in [0.25, 0.3) is 5.91 Å². The van der Waals surface area contributed by atoms with Crippen molar-refractivity contribution in [2.75, 3.05) is 19.5 Å². The van der Waals surface area contributed by atoms with Crippen LogP contribution in [0.25, 0.3) is 22.6 Å². The molecule has 4 rings (SSSR count). The summed E-state index contributed by atoms with van der Waals surface area (Å²) in [6.07, 6.45) is 1.08. The fourth-order valence-electron chi connectivity index (χ4n) is 3.49. The smallest absolute Gasteiger partial charge is 0.259 e. The SMILES string of the molecule is CC[C@H](C)c1ccc2oc(-c3ccc(NC(=O)c4ccc(OC)cc4OC)cc3)nc2c1. The van der Waals surface area contributed by atoms with Gasteiger partial charge in [-0.05, 0) is 66.4 Å². The second-order valence-electron chi connectivity index (χ2n) is 7.65. The number of amides is 1. The van der Waals surface area contributed by atoms with E-state index in [0.29, 0.717) is 34.6 Å². The van der Waals surface area contributed by atoms with E-state index in [1.165, 1.54) is 12.7 Å². The Morgan fingerprint density at radius 2 is 1.81 bits per heavy atom. The lowest BCUT2D eigenvalue weighted by molar-refractivity contribution is 0.102. The molecule has 6 nitrogen and oxygen atoms in total. The first-order valence-electron chi connectivity index (χ1n) is 10.6. The van der Waals surface area contributed by atoms with Gasteiger partial charge in [0.15, 0.2) is 5.58 Å². The summed E-state index contributed by atoms with van der Waals surface area (Å²) in [5.74, 6) is 1.83. The van der Waals surface area contributed by atoms with Crippen LogP contribution in [0.3, 0.4) is 0 Å². The number of methoxy groups -OCH3 is 2. The molecule has 0 radical (unpaired) electrons. The lowest BCUT2D eigenvalue weighted by Crippen LogP contribution is -2.13. The third kappa shape index (κ3) is 4.30. The van der Waals surface area contributed by atoms with E-state index in [0.717, 1.165) is 23.1 Å². The van der Waals surface area contributed by atoms with E-state index in [4.69, 9.17) is 13.9 Å². The molecule has 0 aliphatic rings. The first-order valence-corrected chi connectivity index (χ1v) is 10.6. The normalized spacial score (nSPS) is 11.9. The number of fused-ring (bicyclic) bond motifs is 1. The molecule has 32 heavy (non-hydrogen) atoms. The lowest BCUT2D eigenvalue weighted by Gasteiger charge is -2.11. The fourth-order valence-corrected chi connectivity index (χ4v) is 3.49. The largest absolute Gasteiger partial charge is 0.497 e. The summed E-state index contributed by atoms with van der Waals surface area (Å²) in [4.78, 5) is 17.4. The average Bonchev–Trinajstić information content (AvgIpc) is 3.26. The predicted molar refractivity (Wildman–Crippen MR) is 126 cm³/mol. The predicted octanol–water partition coefficient (Wildman–Crippen LogP) is 6.28. The summed E-state index contributed by atoms with van der Waals surface area (Å²) < 4.78 is 16.4. The summed E-state index contributed by atoms with van der Waals surface area (Å²) in [6.45, 7) is 4.38. The maximum atomic E-state index is 12.7. The quantitative estimate of drug-likeness (QED) is 0.374. The van der Waals surface area contributed by atoms with Crippen LogP contribution in [0.5, 0.6) is 11.5 Å². The molecule has 1 atom stereocenters. The zero-order chi connectivity index (χ0) is 22.7. The molecule has 0 spiro atoms. The molecule has 0 saturated carbocycles. The standard InChI is InChI=1S/C26H26N2O4/c1-5-16(2)18-8-13-23-22(14-18)28-26(32-23)17-6-9-19(10-7-17)27-25(29)21-12-11-20(30-3)15-24(21)31-4/h6-16H,5H2,1-4H3,(H,27,29)/t16-/m0/s1. The second kappa shape index (κ2) is 9.14. The zero-order valence-corrected chi connectivity index (χ0v) is 18.6. The van der Waals surface area contributed by atoms with Gasteiger partial charge in [-0.15, -0.1) is 0 Å². The Hall–Kier alpha value is -3.80. The van der Waals surface area contributed by atoms with Crippen LogP contribution in [0.15, 0.2) is 65.1 Å². The van der Waals surface area contributed by atoms with Crippen molar-refractivity contribution >= 4 is 22.7 Å². The van der Waals surface area contributed by atoms with Gasteiger partial charge in [-0.1, -0.05) is 19.9 Å². The number of hydrogen-bond donors (Lipinski definition) is 1. The molecule has 0 saturated heterocycles. The highest BCUT2D eigenvalue weighted by Crippen LogP contribution is 2.29. The van der Waals surface area contributed by atoms with Gasteiger partial charge in [-0.3, -0.25) is 4.79 Å². The average molecular weight is 431 g/mol. The third-order valence-electron chi connectivity index (χ3n) is 5.64. The van der Waals surface area contributed by atoms with E-state index < -0.39 is 0 Å². The Bertz CT molecular complexity index is 1240. The summed E-state index contributed by atoms with van der Waals surface area (Å²) in [5, 5.41) is 2.89. The molecule has 4 aromatic rings. The monoisotopic (exact) mass is 430 g/mol. The zero-order valence-electron chi connectivity index (χ0n) is 18.6. The number of carbonyl (C=O) groups excluding carboxylic acids is 1. The molecule has 6 heteroatoms. The Kier molecular flexibility index (Phi) is 6.12. The van der Waals surface area contributed by atoms with Gasteiger partial charge < -0.3 is 19.2 Å². The highest BCUT2D eigenvalue weighted by molar-refractivity contribution is 6.06. The van der Waals surface area contributed by atoms with Crippen molar-refractivity contribution < 1.29 is 18.7 Å². The number of rotatable bonds is 7. The van der Waals surface area contributed by atoms with E-state index in [9.17, 15) is 4.79 Å². The van der Waals surface area contributed by atoms with Gasteiger partial charge in [0, 0.05) is 17.3 Å². The minimum Gasteiger partial charge on any atom is -0.497 e. The first-order chi connectivity index (χ1) is 15.5. The van der Waals surface area contributed by atoms with Crippen molar-refractivity contribution in [1.82, 2.24) is 4.98 Å². The van der Waals surface area contributed by atoms with Crippen molar-refractivity contribution in [2.45, 2.75) is 26.2 Å². The number of anilines is 1. The molecule has 0 unspecified atom stereocenters. The lowest BCUT2D eigenvalue weighted by atomic mass is 9.98. The van der Waals surface area contributed by atoms with Crippen LogP contribution in [0.2, 0.25) is 0 Å². The molecule has 0 fully saturated rings. The molecular weight excluding hydrogens is 404 g/mol. The van der Waals surface area contributed by atoms with Crippen LogP contribution in [0.1, 0.15) is 42.1 Å². The van der Waals surface area contributed by atoms with Gasteiger partial charge in [-0.2, -0.15) is 0 Å². The minimum absolute atomic E-state index is 0.267. The Morgan fingerprint density at radius 3 is 2.50 bits per heavy atom. The van der Waals surface area contributed by atoms with E-state index in [-0.39, 0.29) is 5.91 Å². The first kappa shape index (κ1) is 21.4. The summed E-state index contributed by atoms with van der Waals surface area (Å²) in [6, 6.07) is 18.6. The molecule has 0 aliphatic carbocycles. The van der Waals surface area contributed by atoms with E-state index in [1.807, 2.05) is 30.3 Å². The van der Waals surface area contributed by atoms with E-state index in [2.05, 4.69) is 36.3 Å². The van der Waals surface area contributed by atoms with Crippen molar-refractivity contribution in [1.29, 1.82) is 0 Å². The number of carbonyl (C=O) groups is 1. The third-order valence-corrected chi connectivity index (χ3v) is 5.64. The second-order valence-corrected chi connectivity index (χ2v) is 7.65. The van der Waals surface area contributed by atoms with Crippen LogP contribution in [-0.2, 0) is 0 Å². The fraction of sp³-hybridized carbons (Fsp3) is 0.231. The van der Waals surface area contributed by atoms with Crippen molar-refractivity contribution in [3.8, 4) is 23.0 Å². The van der Waals surface area contributed by atoms with Gasteiger partial charge in [0.1, 0.15) is 17.0 Å². The van der Waals surface area contributed by atoms with Crippen molar-refractivity contribution in [3.05, 3.63) is 71.8 Å². The maximum absolute atomic E-state index is 12.7. The molecule has 164 valence electrons. The summed E-state index contributed by atoms with van der Waals surface area (Å²) in [5.41, 5.74) is 4.79. The van der Waals surface area contributed by atoms with Crippen molar-refractivity contribution in [2.24, 2.45) is 0 Å². The molecule has 0 bridgehead atoms. The van der Waals surface area contributed by atoms with Gasteiger partial charge >= 0.3 is 0 Å². The van der Waals surface area contributed by atoms with Crippen LogP contribution >= 0.6 is 0 Å². The number of nitrogens with one attached hydrogen (secondary N) is 1. The number of ether oxygens (including phenoxy) is 2. The Balaban J connectivity index is 1.53. The number of benzene rings is 3. The molecule has 1 amide bonds. The molecule has 1 aromatic heterocycles. The highest BCUT2D eigenvalue weighted by Gasteiger charge is 2.15. The summed E-state index contributed by atoms with van der Waals surface area (Å²) in [7, 11) is 3.09. The van der Waals surface area contributed by atoms with Crippen LogP contribution in [-0.4, -0.2) is 25.1 Å². The maximum Gasteiger partial charge on any atom is 0.259 e. The Morgan fingerprint density at radius 1 is 1.03 bits per heavy atom. The van der Waals surface area contributed by atoms with Gasteiger partial charge in [0.2, 0.25) is 5.89 Å². The highest BCUT2D eigenvalue weighted by atomic mass is 16.5. The molecular formula is C26H26N2O4. The minimum atomic E-state index is -0.267. The number of hydrogen-bond acceptors (Lipinski definition) is 5. The molecule has 0 aliphatic heterocycles. The topological polar surface area (TPSA) is 73.6 Å². The van der Waals surface area contributed by atoms with Gasteiger partial charge in [-0.25, -0.2) is 4.98 Å².